The largest absolute Gasteiger partial charge is 0.497 e. The first-order valence-electron chi connectivity index (χ1n) is 8.10. The zero-order valence-electron chi connectivity index (χ0n) is 14.2. The summed E-state index contributed by atoms with van der Waals surface area (Å²) >= 11 is 6.15. The second-order valence-corrected chi connectivity index (χ2v) is 6.13. The number of benzene rings is 1. The number of carbonyl (C=O) groups excluding carboxylic acids is 1. The summed E-state index contributed by atoms with van der Waals surface area (Å²) in [5.41, 5.74) is 1.09. The highest BCUT2D eigenvalue weighted by atomic mass is 35.5. The Labute approximate surface area is 151 Å². The summed E-state index contributed by atoms with van der Waals surface area (Å²) in [5, 5.41) is 7.42. The summed E-state index contributed by atoms with van der Waals surface area (Å²) in [6.45, 7) is 2.92. The van der Waals surface area contributed by atoms with Gasteiger partial charge in [0.25, 0.3) is 5.91 Å². The molecular formula is C18H20ClN3O3. The fraction of sp³-hybridized carbons (Fsp3) is 0.333. The summed E-state index contributed by atoms with van der Waals surface area (Å²) in [5.74, 6) is 1.12. The van der Waals surface area contributed by atoms with Crippen molar-refractivity contribution >= 4 is 17.5 Å². The second kappa shape index (κ2) is 7.61. The summed E-state index contributed by atoms with van der Waals surface area (Å²) < 4.78 is 10.8. The zero-order valence-corrected chi connectivity index (χ0v) is 14.9. The van der Waals surface area contributed by atoms with Crippen molar-refractivity contribution in [1.82, 2.24) is 15.1 Å². The molecule has 0 radical (unpaired) electrons. The molecular weight excluding hydrogens is 342 g/mol. The van der Waals surface area contributed by atoms with Gasteiger partial charge in [-0.05, 0) is 24.6 Å². The maximum Gasteiger partial charge on any atom is 0.275 e. The third-order valence-corrected chi connectivity index (χ3v) is 4.41. The average molecular weight is 362 g/mol. The van der Waals surface area contributed by atoms with Crippen molar-refractivity contribution in [2.24, 2.45) is 0 Å². The molecule has 2 heterocycles. The number of aromatic nitrogens is 2. The minimum absolute atomic E-state index is 0.0816. The summed E-state index contributed by atoms with van der Waals surface area (Å²) in [6, 6.07) is 7.05. The lowest BCUT2D eigenvalue weighted by molar-refractivity contribution is 0.0741. The first kappa shape index (κ1) is 17.4. The summed E-state index contributed by atoms with van der Waals surface area (Å²) in [4.78, 5) is 14.4. The fourth-order valence-electron chi connectivity index (χ4n) is 2.73. The predicted molar refractivity (Wildman–Crippen MR) is 95.2 cm³/mol. The van der Waals surface area contributed by atoms with Gasteiger partial charge < -0.3 is 14.4 Å². The molecule has 2 aromatic rings. The van der Waals surface area contributed by atoms with Crippen LogP contribution in [0.2, 0.25) is 5.02 Å². The number of rotatable bonds is 6. The van der Waals surface area contributed by atoms with Gasteiger partial charge in [-0.15, -0.1) is 0 Å². The van der Waals surface area contributed by atoms with Crippen LogP contribution in [0.5, 0.6) is 11.5 Å². The molecule has 1 N–H and O–H groups in total. The number of hydrogen-bond acceptors (Lipinski definition) is 4. The van der Waals surface area contributed by atoms with Crippen LogP contribution in [0.15, 0.2) is 36.4 Å². The van der Waals surface area contributed by atoms with Crippen molar-refractivity contribution in [3.8, 4) is 11.5 Å². The van der Waals surface area contributed by atoms with Gasteiger partial charge in [0.05, 0.1) is 23.9 Å². The number of H-pyrrole nitrogens is 1. The number of ether oxygens (including phenoxy) is 2. The number of amides is 1. The van der Waals surface area contributed by atoms with Crippen LogP contribution < -0.4 is 9.47 Å². The van der Waals surface area contributed by atoms with Crippen LogP contribution in [0.25, 0.3) is 0 Å². The van der Waals surface area contributed by atoms with Crippen molar-refractivity contribution in [3.05, 3.63) is 52.8 Å². The van der Waals surface area contributed by atoms with E-state index in [0.717, 1.165) is 6.42 Å². The van der Waals surface area contributed by atoms with Crippen LogP contribution in [0.3, 0.4) is 0 Å². The molecule has 0 aliphatic carbocycles. The van der Waals surface area contributed by atoms with Gasteiger partial charge in [-0.2, -0.15) is 5.10 Å². The molecule has 25 heavy (non-hydrogen) atoms. The minimum atomic E-state index is -0.0816. The average Bonchev–Trinajstić information content (AvgIpc) is 3.29. The summed E-state index contributed by atoms with van der Waals surface area (Å²) in [6.07, 6.45) is 4.95. The zero-order chi connectivity index (χ0) is 17.8. The molecule has 1 aliphatic heterocycles. The van der Waals surface area contributed by atoms with E-state index in [-0.39, 0.29) is 18.6 Å². The molecule has 0 saturated carbocycles. The normalized spacial score (nSPS) is 16.3. The van der Waals surface area contributed by atoms with E-state index in [2.05, 4.69) is 23.2 Å². The topological polar surface area (TPSA) is 67.5 Å². The molecule has 1 aliphatic rings. The monoisotopic (exact) mass is 361 g/mol. The lowest BCUT2D eigenvalue weighted by Gasteiger charge is -2.22. The molecule has 0 bridgehead atoms. The number of halogens is 1. The van der Waals surface area contributed by atoms with Gasteiger partial charge >= 0.3 is 0 Å². The van der Waals surface area contributed by atoms with Crippen LogP contribution in [-0.4, -0.2) is 40.7 Å². The molecule has 0 fully saturated rings. The SMILES string of the molecule is CCC1C=CCN1C(=O)c1cc(COc2ccc(OC)cc2Cl)[nH]n1. The van der Waals surface area contributed by atoms with Gasteiger partial charge in [0.2, 0.25) is 0 Å². The molecule has 1 aromatic carbocycles. The molecule has 1 amide bonds. The summed E-state index contributed by atoms with van der Waals surface area (Å²) in [7, 11) is 1.58. The number of aromatic amines is 1. The first-order chi connectivity index (χ1) is 12.1. The van der Waals surface area contributed by atoms with E-state index in [9.17, 15) is 4.79 Å². The molecule has 3 rings (SSSR count). The Morgan fingerprint density at radius 2 is 2.28 bits per heavy atom. The van der Waals surface area contributed by atoms with Crippen LogP contribution in [0.4, 0.5) is 0 Å². The van der Waals surface area contributed by atoms with Gasteiger partial charge in [0.1, 0.15) is 18.1 Å². The standard InChI is InChI=1S/C18H20ClN3O3/c1-3-13-5-4-8-22(13)18(23)16-9-12(20-21-16)11-25-17-7-6-14(24-2)10-15(17)19/h4-7,9-10,13H,3,8,11H2,1-2H3,(H,20,21). The van der Waals surface area contributed by atoms with E-state index < -0.39 is 0 Å². The van der Waals surface area contributed by atoms with Crippen LogP contribution in [-0.2, 0) is 6.61 Å². The van der Waals surface area contributed by atoms with Gasteiger partial charge in [0, 0.05) is 12.6 Å². The Hall–Kier alpha value is -2.47. The van der Waals surface area contributed by atoms with Gasteiger partial charge in [0.15, 0.2) is 5.69 Å². The second-order valence-electron chi connectivity index (χ2n) is 5.72. The minimum Gasteiger partial charge on any atom is -0.497 e. The van der Waals surface area contributed by atoms with E-state index >= 15 is 0 Å². The first-order valence-corrected chi connectivity index (χ1v) is 8.48. The molecule has 6 nitrogen and oxygen atoms in total. The highest BCUT2D eigenvalue weighted by Crippen LogP contribution is 2.29. The number of nitrogens with zero attached hydrogens (tertiary/aromatic N) is 2. The maximum absolute atomic E-state index is 12.6. The van der Waals surface area contributed by atoms with Crippen molar-refractivity contribution in [2.45, 2.75) is 26.0 Å². The van der Waals surface area contributed by atoms with E-state index in [1.807, 2.05) is 6.08 Å². The van der Waals surface area contributed by atoms with Gasteiger partial charge in [-0.3, -0.25) is 9.89 Å². The predicted octanol–water partition coefficient (Wildman–Crippen LogP) is 3.44. The molecule has 1 aromatic heterocycles. The number of nitrogens with one attached hydrogen (secondary N) is 1. The van der Waals surface area contributed by atoms with Crippen molar-refractivity contribution in [2.75, 3.05) is 13.7 Å². The van der Waals surface area contributed by atoms with E-state index in [1.54, 1.807) is 36.3 Å². The molecule has 1 unspecified atom stereocenters. The Morgan fingerprint density at radius 1 is 1.44 bits per heavy atom. The lowest BCUT2D eigenvalue weighted by Crippen LogP contribution is -2.35. The Balaban J connectivity index is 1.63. The maximum atomic E-state index is 12.6. The Kier molecular flexibility index (Phi) is 5.28. The van der Waals surface area contributed by atoms with Gasteiger partial charge in [-0.1, -0.05) is 30.7 Å². The van der Waals surface area contributed by atoms with Crippen LogP contribution in [0, 0.1) is 0 Å². The van der Waals surface area contributed by atoms with E-state index in [0.29, 0.717) is 34.5 Å². The third kappa shape index (κ3) is 3.79. The van der Waals surface area contributed by atoms with E-state index in [4.69, 9.17) is 21.1 Å². The van der Waals surface area contributed by atoms with Crippen molar-refractivity contribution in [1.29, 1.82) is 0 Å². The van der Waals surface area contributed by atoms with Crippen LogP contribution in [0.1, 0.15) is 29.5 Å². The molecule has 0 spiro atoms. The molecule has 0 saturated heterocycles. The Morgan fingerprint density at radius 3 is 3.00 bits per heavy atom. The van der Waals surface area contributed by atoms with E-state index in [1.165, 1.54) is 0 Å². The fourth-order valence-corrected chi connectivity index (χ4v) is 2.96. The van der Waals surface area contributed by atoms with Crippen molar-refractivity contribution in [3.63, 3.8) is 0 Å². The molecule has 132 valence electrons. The molecule has 1 atom stereocenters. The number of carbonyl (C=O) groups is 1. The van der Waals surface area contributed by atoms with Crippen molar-refractivity contribution < 1.29 is 14.3 Å². The highest BCUT2D eigenvalue weighted by Gasteiger charge is 2.26. The highest BCUT2D eigenvalue weighted by molar-refractivity contribution is 6.32. The smallest absolute Gasteiger partial charge is 0.275 e. The van der Waals surface area contributed by atoms with Gasteiger partial charge in [-0.25, -0.2) is 0 Å². The quantitative estimate of drug-likeness (QED) is 0.800. The number of methoxy groups -OCH3 is 1. The van der Waals surface area contributed by atoms with Crippen LogP contribution >= 0.6 is 11.6 Å². The Bertz CT molecular complexity index is 788. The third-order valence-electron chi connectivity index (χ3n) is 4.11. The number of hydrogen-bond donors (Lipinski definition) is 1. The molecule has 7 heteroatoms. The lowest BCUT2D eigenvalue weighted by atomic mass is 10.2.